The number of aromatic hydroxyl groups is 1. The number of anilines is 1. The third-order valence-corrected chi connectivity index (χ3v) is 7.15. The Morgan fingerprint density at radius 1 is 0.909 bits per heavy atom. The van der Waals surface area contributed by atoms with Crippen LogP contribution in [0.1, 0.15) is 51.2 Å². The van der Waals surface area contributed by atoms with E-state index in [-0.39, 0.29) is 36.6 Å². The Balaban J connectivity index is 1.19. The van der Waals surface area contributed by atoms with Gasteiger partial charge in [-0.2, -0.15) is 0 Å². The van der Waals surface area contributed by atoms with Crippen LogP contribution < -0.4 is 26.4 Å². The van der Waals surface area contributed by atoms with E-state index in [2.05, 4.69) is 27.9 Å². The van der Waals surface area contributed by atoms with Gasteiger partial charge in [0.1, 0.15) is 5.82 Å². The minimum atomic E-state index is -0.685. The number of aliphatic hydroxyl groups excluding tert-OH is 1. The molecule has 0 aliphatic carbocycles. The van der Waals surface area contributed by atoms with E-state index in [1.165, 1.54) is 13.2 Å². The van der Waals surface area contributed by atoms with Crippen molar-refractivity contribution in [3.63, 3.8) is 0 Å². The molecular weight excluding hydrogens is 558 g/mol. The van der Waals surface area contributed by atoms with Crippen LogP contribution in [0, 0.1) is 0 Å². The number of phenolic OH excluding ortho intramolecular Hbond substituents is 1. The molecule has 4 rings (SSSR count). The number of amides is 2. The fourth-order valence-electron chi connectivity index (χ4n) is 4.68. The lowest BCUT2D eigenvalue weighted by Crippen LogP contribution is -2.32. The van der Waals surface area contributed by atoms with Crippen LogP contribution >= 0.6 is 0 Å². The van der Waals surface area contributed by atoms with E-state index >= 15 is 0 Å². The monoisotopic (exact) mass is 597 g/mol. The summed E-state index contributed by atoms with van der Waals surface area (Å²) in [5.41, 5.74) is 10.5. The van der Waals surface area contributed by atoms with Crippen molar-refractivity contribution < 1.29 is 24.5 Å². The highest BCUT2D eigenvalue weighted by atomic mass is 16.5. The number of pyridine rings is 1. The van der Waals surface area contributed by atoms with Gasteiger partial charge >= 0.3 is 0 Å². The van der Waals surface area contributed by atoms with Crippen molar-refractivity contribution in [1.82, 2.24) is 20.9 Å². The number of carbonyl (C=O) groups is 2. The molecule has 0 spiro atoms. The van der Waals surface area contributed by atoms with Gasteiger partial charge in [-0.05, 0) is 65.9 Å². The molecule has 4 aromatic rings. The normalized spacial score (nSPS) is 12.2. The summed E-state index contributed by atoms with van der Waals surface area (Å²) in [6.07, 6.45) is 1.89. The maximum Gasteiger partial charge on any atom is 0.251 e. The average molecular weight is 598 g/mol. The van der Waals surface area contributed by atoms with Gasteiger partial charge in [0.2, 0.25) is 5.91 Å². The van der Waals surface area contributed by atoms with E-state index in [4.69, 9.17) is 10.5 Å². The number of nitrogens with one attached hydrogen (secondary N) is 3. The van der Waals surface area contributed by atoms with Crippen LogP contribution in [0.4, 0.5) is 5.82 Å². The number of nitrogen functional groups attached to an aromatic ring is 1. The van der Waals surface area contributed by atoms with Crippen molar-refractivity contribution in [3.05, 3.63) is 118 Å². The molecule has 2 amide bonds. The number of benzene rings is 3. The summed E-state index contributed by atoms with van der Waals surface area (Å²) in [7, 11) is 1.47. The molecule has 44 heavy (non-hydrogen) atoms. The van der Waals surface area contributed by atoms with Crippen molar-refractivity contribution in [2.24, 2.45) is 0 Å². The van der Waals surface area contributed by atoms with Crippen molar-refractivity contribution in [3.8, 4) is 11.5 Å². The predicted molar refractivity (Wildman–Crippen MR) is 169 cm³/mol. The lowest BCUT2D eigenvalue weighted by Gasteiger charge is -2.18. The SMILES string of the molecule is COc1cc(CNC(=O)c2ccc(CNC(=O)Cc3cccc(C[C@@H](C)NC[C@H](O)c4ccc(N)nc4)c3)cc2)ccc1O. The molecule has 2 atom stereocenters. The van der Waals surface area contributed by atoms with Crippen molar-refractivity contribution in [2.45, 2.75) is 45.0 Å². The highest BCUT2D eigenvalue weighted by Crippen LogP contribution is 2.26. The minimum Gasteiger partial charge on any atom is -0.504 e. The second-order valence-electron chi connectivity index (χ2n) is 10.7. The molecule has 7 N–H and O–H groups in total. The Bertz CT molecular complexity index is 1540. The molecule has 0 radical (unpaired) electrons. The van der Waals surface area contributed by atoms with Crippen molar-refractivity contribution in [2.75, 3.05) is 19.4 Å². The third kappa shape index (κ3) is 9.55. The number of aliphatic hydroxyl groups is 1. The summed E-state index contributed by atoms with van der Waals surface area (Å²) < 4.78 is 5.10. The molecule has 0 fully saturated rings. The zero-order valence-corrected chi connectivity index (χ0v) is 24.9. The van der Waals surface area contributed by atoms with Crippen molar-refractivity contribution >= 4 is 17.6 Å². The van der Waals surface area contributed by atoms with Gasteiger partial charge in [-0.15, -0.1) is 0 Å². The van der Waals surface area contributed by atoms with Crippen LogP contribution in [0.2, 0.25) is 0 Å². The van der Waals surface area contributed by atoms with Gasteiger partial charge in [-0.1, -0.05) is 48.5 Å². The molecule has 0 saturated heterocycles. The number of nitrogens with zero attached hydrogens (tertiary/aromatic N) is 1. The molecule has 0 aliphatic heterocycles. The average Bonchev–Trinajstić information content (AvgIpc) is 3.03. The fraction of sp³-hybridized carbons (Fsp3) is 0.265. The number of rotatable bonds is 14. The summed E-state index contributed by atoms with van der Waals surface area (Å²) in [6.45, 7) is 3.07. The lowest BCUT2D eigenvalue weighted by molar-refractivity contribution is -0.120. The zero-order valence-electron chi connectivity index (χ0n) is 24.9. The van der Waals surface area contributed by atoms with Crippen LogP contribution in [0.3, 0.4) is 0 Å². The van der Waals surface area contributed by atoms with Crippen LogP contribution in [0.5, 0.6) is 11.5 Å². The Hall–Kier alpha value is -4.93. The van der Waals surface area contributed by atoms with Crippen LogP contribution in [-0.2, 0) is 30.7 Å². The van der Waals surface area contributed by atoms with Gasteiger partial charge in [-0.3, -0.25) is 9.59 Å². The third-order valence-electron chi connectivity index (χ3n) is 7.15. The number of carbonyl (C=O) groups excluding carboxylic acids is 2. The largest absolute Gasteiger partial charge is 0.504 e. The molecule has 10 nitrogen and oxygen atoms in total. The first-order valence-corrected chi connectivity index (χ1v) is 14.4. The highest BCUT2D eigenvalue weighted by Gasteiger charge is 2.12. The number of ether oxygens (including phenoxy) is 1. The number of hydrogen-bond acceptors (Lipinski definition) is 8. The Kier molecular flexibility index (Phi) is 11.3. The Morgan fingerprint density at radius 3 is 2.36 bits per heavy atom. The predicted octanol–water partition coefficient (Wildman–Crippen LogP) is 3.42. The molecule has 1 heterocycles. The number of hydrogen-bond donors (Lipinski definition) is 6. The Labute approximate surface area is 257 Å². The maximum absolute atomic E-state index is 12.7. The summed E-state index contributed by atoms with van der Waals surface area (Å²) in [6, 6.07) is 23.5. The van der Waals surface area contributed by atoms with E-state index in [0.717, 1.165) is 28.7 Å². The number of nitrogens with two attached hydrogens (primary N) is 1. The van der Waals surface area contributed by atoms with E-state index in [0.29, 0.717) is 35.8 Å². The van der Waals surface area contributed by atoms with Gasteiger partial charge in [0.05, 0.1) is 19.6 Å². The molecule has 0 saturated carbocycles. The Morgan fingerprint density at radius 2 is 1.64 bits per heavy atom. The second-order valence-corrected chi connectivity index (χ2v) is 10.7. The summed E-state index contributed by atoms with van der Waals surface area (Å²) in [4.78, 5) is 29.3. The van der Waals surface area contributed by atoms with Crippen LogP contribution in [0.25, 0.3) is 0 Å². The topological polar surface area (TPSA) is 159 Å². The first-order chi connectivity index (χ1) is 21.2. The van der Waals surface area contributed by atoms with Gasteiger partial charge in [0.25, 0.3) is 5.91 Å². The smallest absolute Gasteiger partial charge is 0.251 e. The van der Waals surface area contributed by atoms with Gasteiger partial charge in [0.15, 0.2) is 11.5 Å². The first-order valence-electron chi connectivity index (χ1n) is 14.4. The van der Waals surface area contributed by atoms with E-state index in [9.17, 15) is 19.8 Å². The number of aromatic nitrogens is 1. The second kappa shape index (κ2) is 15.5. The molecule has 0 bridgehead atoms. The molecule has 0 unspecified atom stereocenters. The molecule has 230 valence electrons. The molecular formula is C34H39N5O5. The van der Waals surface area contributed by atoms with Crippen LogP contribution in [0.15, 0.2) is 85.1 Å². The quantitative estimate of drug-likeness (QED) is 0.129. The summed E-state index contributed by atoms with van der Waals surface area (Å²) in [5, 5.41) is 29.3. The standard InChI is InChI=1S/C34H39N5O5/c1-22(36-21-30(41)28-11-13-32(35)37-20-28)14-24-4-3-5-25(15-24)17-33(42)38-18-23-6-9-27(10-7-23)34(43)39-19-26-8-12-29(40)31(16-26)44-2/h3-13,15-16,20,22,30,36,40-41H,14,17-19,21H2,1-2H3,(H2,35,37)(H,38,42)(H,39,43)/t22-,30+/m1/s1. The summed E-state index contributed by atoms with van der Waals surface area (Å²) >= 11 is 0. The molecule has 1 aromatic heterocycles. The molecule has 0 aliphatic rings. The van der Waals surface area contributed by atoms with Crippen molar-refractivity contribution in [1.29, 1.82) is 0 Å². The van der Waals surface area contributed by atoms with Gasteiger partial charge in [0, 0.05) is 43.0 Å². The van der Waals surface area contributed by atoms with E-state index in [1.54, 1.807) is 42.6 Å². The molecule has 10 heteroatoms. The van der Waals surface area contributed by atoms with Gasteiger partial charge < -0.3 is 36.6 Å². The number of phenols is 1. The maximum atomic E-state index is 12.7. The minimum absolute atomic E-state index is 0.0413. The number of methoxy groups -OCH3 is 1. The first kappa shape index (κ1) is 32.0. The fourth-order valence-corrected chi connectivity index (χ4v) is 4.68. The van der Waals surface area contributed by atoms with E-state index < -0.39 is 6.10 Å². The summed E-state index contributed by atoms with van der Waals surface area (Å²) in [5.74, 6) is 0.476. The zero-order chi connectivity index (χ0) is 31.5. The highest BCUT2D eigenvalue weighted by molar-refractivity contribution is 5.94. The van der Waals surface area contributed by atoms with Gasteiger partial charge in [-0.25, -0.2) is 4.98 Å². The molecule has 3 aromatic carbocycles. The van der Waals surface area contributed by atoms with Crippen LogP contribution in [-0.4, -0.2) is 46.7 Å². The lowest BCUT2D eigenvalue weighted by atomic mass is 10.0. The van der Waals surface area contributed by atoms with E-state index in [1.807, 2.05) is 36.4 Å².